The van der Waals surface area contributed by atoms with E-state index in [1.807, 2.05) is 0 Å². The Hall–Kier alpha value is -3.56. The quantitative estimate of drug-likeness (QED) is 0.221. The van der Waals surface area contributed by atoms with Gasteiger partial charge in [-0.25, -0.2) is 5.43 Å². The largest absolute Gasteiger partial charge is 0.493 e. The molecule has 2 rings (SSSR count). The summed E-state index contributed by atoms with van der Waals surface area (Å²) in [6, 6.07) is 9.47. The van der Waals surface area contributed by atoms with Gasteiger partial charge >= 0.3 is 11.8 Å². The average molecular weight is 479 g/mol. The summed E-state index contributed by atoms with van der Waals surface area (Å²) in [4.78, 5) is 35.2. The maximum Gasteiger partial charge on any atom is 0.329 e. The molecule has 0 heterocycles. The maximum absolute atomic E-state index is 12.1. The van der Waals surface area contributed by atoms with Gasteiger partial charge in [-0.2, -0.15) is 5.10 Å². The lowest BCUT2D eigenvalue weighted by molar-refractivity contribution is -0.139. The van der Waals surface area contributed by atoms with Crippen LogP contribution in [0.3, 0.4) is 0 Å². The van der Waals surface area contributed by atoms with Crippen LogP contribution in [0, 0.1) is 0 Å². The standard InChI is InChI=1S/C21H20Cl2N4O5/c1-3-8-24-20(29)21(30)27-25-11-13-4-7-17(18(9-13)31-2)32-12-19(28)26-16-6-5-14(22)10-15(16)23/h3-7,9-11H,1,8,12H2,2H3,(H,24,29)(H,26,28)(H,27,30)/b25-11-. The topological polar surface area (TPSA) is 118 Å². The first-order valence-electron chi connectivity index (χ1n) is 9.12. The second kappa shape index (κ2) is 12.3. The van der Waals surface area contributed by atoms with Gasteiger partial charge in [-0.05, 0) is 42.0 Å². The van der Waals surface area contributed by atoms with E-state index < -0.39 is 17.7 Å². The number of halogens is 2. The van der Waals surface area contributed by atoms with Gasteiger partial charge in [0.1, 0.15) is 0 Å². The van der Waals surface area contributed by atoms with Crippen LogP contribution in [0.4, 0.5) is 5.69 Å². The van der Waals surface area contributed by atoms with Crippen molar-refractivity contribution in [2.75, 3.05) is 25.6 Å². The molecule has 0 bridgehead atoms. The number of nitrogens with one attached hydrogen (secondary N) is 3. The van der Waals surface area contributed by atoms with Crippen LogP contribution in [-0.4, -0.2) is 44.2 Å². The molecule has 9 nitrogen and oxygen atoms in total. The van der Waals surface area contributed by atoms with Crippen LogP contribution < -0.4 is 25.5 Å². The number of nitrogens with zero attached hydrogens (tertiary/aromatic N) is 1. The van der Waals surface area contributed by atoms with E-state index in [0.29, 0.717) is 32.8 Å². The Morgan fingerprint density at radius 3 is 2.56 bits per heavy atom. The number of anilines is 1. The van der Waals surface area contributed by atoms with Gasteiger partial charge in [0.2, 0.25) is 0 Å². The molecule has 168 valence electrons. The highest BCUT2D eigenvalue weighted by Crippen LogP contribution is 2.28. The van der Waals surface area contributed by atoms with Crippen molar-refractivity contribution in [1.82, 2.24) is 10.7 Å². The van der Waals surface area contributed by atoms with Crippen molar-refractivity contribution < 1.29 is 23.9 Å². The lowest BCUT2D eigenvalue weighted by Gasteiger charge is -2.12. The van der Waals surface area contributed by atoms with Crippen molar-refractivity contribution in [3.05, 3.63) is 64.7 Å². The van der Waals surface area contributed by atoms with Crippen LogP contribution in [0.1, 0.15) is 5.56 Å². The summed E-state index contributed by atoms with van der Waals surface area (Å²) in [6.45, 7) is 3.31. The second-order valence-electron chi connectivity index (χ2n) is 6.07. The summed E-state index contributed by atoms with van der Waals surface area (Å²) in [7, 11) is 1.43. The predicted molar refractivity (Wildman–Crippen MR) is 123 cm³/mol. The van der Waals surface area contributed by atoms with Gasteiger partial charge in [-0.1, -0.05) is 29.3 Å². The summed E-state index contributed by atoms with van der Waals surface area (Å²) >= 11 is 11.9. The molecular weight excluding hydrogens is 459 g/mol. The number of benzene rings is 2. The van der Waals surface area contributed by atoms with Gasteiger partial charge in [0.15, 0.2) is 18.1 Å². The first-order valence-corrected chi connectivity index (χ1v) is 9.87. The molecule has 0 fully saturated rings. The van der Waals surface area contributed by atoms with Gasteiger partial charge < -0.3 is 20.1 Å². The minimum Gasteiger partial charge on any atom is -0.493 e. The van der Waals surface area contributed by atoms with E-state index in [1.54, 1.807) is 30.3 Å². The van der Waals surface area contributed by atoms with Crippen molar-refractivity contribution in [3.63, 3.8) is 0 Å². The molecule has 0 saturated carbocycles. The van der Waals surface area contributed by atoms with Crippen molar-refractivity contribution in [2.24, 2.45) is 5.10 Å². The molecule has 3 N–H and O–H groups in total. The molecule has 2 aromatic carbocycles. The number of hydrogen-bond acceptors (Lipinski definition) is 6. The third kappa shape index (κ3) is 7.60. The average Bonchev–Trinajstić information content (AvgIpc) is 2.78. The first kappa shape index (κ1) is 24.7. The molecule has 0 aliphatic rings. The lowest BCUT2D eigenvalue weighted by Crippen LogP contribution is -2.37. The van der Waals surface area contributed by atoms with Crippen LogP contribution in [0.2, 0.25) is 10.0 Å². The zero-order valence-electron chi connectivity index (χ0n) is 17.0. The molecule has 0 spiro atoms. The van der Waals surface area contributed by atoms with Gasteiger partial charge in [-0.3, -0.25) is 14.4 Å². The van der Waals surface area contributed by atoms with Gasteiger partial charge in [0, 0.05) is 11.6 Å². The molecule has 0 aliphatic carbocycles. The summed E-state index contributed by atoms with van der Waals surface area (Å²) in [6.07, 6.45) is 2.76. The fraction of sp³-hybridized carbons (Fsp3) is 0.143. The molecule has 2 aromatic rings. The molecule has 0 aliphatic heterocycles. The Balaban J connectivity index is 1.93. The maximum atomic E-state index is 12.1. The molecule has 11 heteroatoms. The van der Waals surface area contributed by atoms with Crippen molar-refractivity contribution in [3.8, 4) is 11.5 Å². The highest BCUT2D eigenvalue weighted by Gasteiger charge is 2.12. The third-order valence-corrected chi connectivity index (χ3v) is 4.29. The predicted octanol–water partition coefficient (Wildman–Crippen LogP) is 2.77. The smallest absolute Gasteiger partial charge is 0.329 e. The van der Waals surface area contributed by atoms with Gasteiger partial charge in [0.25, 0.3) is 5.91 Å². The Labute approximate surface area is 194 Å². The SMILES string of the molecule is C=CCNC(=O)C(=O)N/N=C\c1ccc(OCC(=O)Nc2ccc(Cl)cc2Cl)c(OC)c1. The number of ether oxygens (including phenoxy) is 2. The van der Waals surface area contributed by atoms with Crippen LogP contribution >= 0.6 is 23.2 Å². The lowest BCUT2D eigenvalue weighted by atomic mass is 10.2. The number of hydrogen-bond donors (Lipinski definition) is 3. The summed E-state index contributed by atoms with van der Waals surface area (Å²) in [5.41, 5.74) is 3.06. The fourth-order valence-corrected chi connectivity index (χ4v) is 2.72. The van der Waals surface area contributed by atoms with E-state index >= 15 is 0 Å². The van der Waals surface area contributed by atoms with E-state index in [4.69, 9.17) is 32.7 Å². The summed E-state index contributed by atoms with van der Waals surface area (Å²) in [5.74, 6) is -1.53. The monoisotopic (exact) mass is 478 g/mol. The minimum absolute atomic E-state index is 0.166. The molecular formula is C21H20Cl2N4O5. The van der Waals surface area contributed by atoms with E-state index in [0.717, 1.165) is 0 Å². The van der Waals surface area contributed by atoms with Crippen molar-refractivity contribution in [1.29, 1.82) is 0 Å². The second-order valence-corrected chi connectivity index (χ2v) is 6.91. The molecule has 0 atom stereocenters. The minimum atomic E-state index is -0.915. The Morgan fingerprint density at radius 1 is 1.09 bits per heavy atom. The van der Waals surface area contributed by atoms with E-state index in [1.165, 1.54) is 25.5 Å². The van der Waals surface area contributed by atoms with E-state index in [-0.39, 0.29) is 13.2 Å². The Bertz CT molecular complexity index is 1040. The Kier molecular flexibility index (Phi) is 9.52. The van der Waals surface area contributed by atoms with E-state index in [9.17, 15) is 14.4 Å². The summed E-state index contributed by atoms with van der Waals surface area (Å²) in [5, 5.41) is 9.42. The van der Waals surface area contributed by atoms with Crippen LogP contribution in [0.25, 0.3) is 0 Å². The number of carbonyl (C=O) groups excluding carboxylic acids is 3. The molecule has 0 saturated heterocycles. The Morgan fingerprint density at radius 2 is 1.88 bits per heavy atom. The highest BCUT2D eigenvalue weighted by atomic mass is 35.5. The highest BCUT2D eigenvalue weighted by molar-refractivity contribution is 6.36. The molecule has 32 heavy (non-hydrogen) atoms. The van der Waals surface area contributed by atoms with Crippen molar-refractivity contribution in [2.45, 2.75) is 0 Å². The zero-order valence-corrected chi connectivity index (χ0v) is 18.5. The molecule has 3 amide bonds. The first-order chi connectivity index (χ1) is 15.3. The van der Waals surface area contributed by atoms with Crippen molar-refractivity contribution >= 4 is 52.8 Å². The molecule has 0 aromatic heterocycles. The normalized spacial score (nSPS) is 10.3. The summed E-state index contributed by atoms with van der Waals surface area (Å²) < 4.78 is 10.8. The van der Waals surface area contributed by atoms with Gasteiger partial charge in [0.05, 0.1) is 24.0 Å². The number of carbonyl (C=O) groups is 3. The number of rotatable bonds is 9. The zero-order chi connectivity index (χ0) is 23.5. The molecule has 0 unspecified atom stereocenters. The third-order valence-electron chi connectivity index (χ3n) is 3.74. The van der Waals surface area contributed by atoms with Gasteiger partial charge in [-0.15, -0.1) is 6.58 Å². The fourth-order valence-electron chi connectivity index (χ4n) is 2.27. The van der Waals surface area contributed by atoms with Crippen LogP contribution in [0.5, 0.6) is 11.5 Å². The number of hydrazone groups is 1. The number of methoxy groups -OCH3 is 1. The van der Waals surface area contributed by atoms with Crippen LogP contribution in [0.15, 0.2) is 54.2 Å². The molecule has 0 radical (unpaired) electrons. The van der Waals surface area contributed by atoms with E-state index in [2.05, 4.69) is 27.7 Å². The number of amides is 3. The van der Waals surface area contributed by atoms with Crippen LogP contribution in [-0.2, 0) is 14.4 Å².